The molecule has 1 aromatic carbocycles. The zero-order chi connectivity index (χ0) is 25.8. The summed E-state index contributed by atoms with van der Waals surface area (Å²) in [6.45, 7) is 7.90. The molecule has 198 valence electrons. The van der Waals surface area contributed by atoms with Crippen molar-refractivity contribution in [1.29, 1.82) is 0 Å². The first-order chi connectivity index (χ1) is 18.0. The number of aromatic nitrogens is 1. The van der Waals surface area contributed by atoms with Crippen molar-refractivity contribution in [1.82, 2.24) is 14.8 Å². The van der Waals surface area contributed by atoms with E-state index in [9.17, 15) is 5.11 Å². The van der Waals surface area contributed by atoms with E-state index < -0.39 is 0 Å². The molecule has 3 aliphatic rings. The molecular formula is C31H42N4O2. The Balaban J connectivity index is 1.31. The molecule has 37 heavy (non-hydrogen) atoms. The summed E-state index contributed by atoms with van der Waals surface area (Å²) in [6, 6.07) is 13.1. The van der Waals surface area contributed by atoms with E-state index in [-0.39, 0.29) is 0 Å². The van der Waals surface area contributed by atoms with E-state index >= 15 is 0 Å². The highest BCUT2D eigenvalue weighted by Gasteiger charge is 2.26. The SMILES string of the molecule is COc1ccccc1N1CCN(CC2=CC(CN(C)C3CCC(C)CC3)=C(O)Cc3ncccc32)CC1. The van der Waals surface area contributed by atoms with Gasteiger partial charge in [0.25, 0.3) is 0 Å². The summed E-state index contributed by atoms with van der Waals surface area (Å²) in [5.41, 5.74) is 5.62. The van der Waals surface area contributed by atoms with Gasteiger partial charge in [-0.2, -0.15) is 0 Å². The van der Waals surface area contributed by atoms with E-state index in [0.717, 1.165) is 62.2 Å². The molecular weight excluding hydrogens is 460 g/mol. The number of aliphatic hydroxyl groups is 1. The summed E-state index contributed by atoms with van der Waals surface area (Å²) in [5, 5.41) is 11.2. The van der Waals surface area contributed by atoms with Crippen LogP contribution in [0.1, 0.15) is 43.9 Å². The molecule has 0 amide bonds. The van der Waals surface area contributed by atoms with E-state index in [4.69, 9.17) is 4.74 Å². The molecule has 5 rings (SSSR count). The Hall–Kier alpha value is -2.83. The Bertz CT molecular complexity index is 1130. The normalized spacial score (nSPS) is 23.0. The number of likely N-dealkylation sites (N-methyl/N-ethyl adjacent to an activating group) is 1. The Morgan fingerprint density at radius 2 is 1.78 bits per heavy atom. The molecule has 1 aliphatic heterocycles. The fourth-order valence-corrected chi connectivity index (χ4v) is 6.14. The monoisotopic (exact) mass is 502 g/mol. The van der Waals surface area contributed by atoms with Crippen LogP contribution >= 0.6 is 0 Å². The first-order valence-corrected chi connectivity index (χ1v) is 13.9. The molecule has 2 aliphatic carbocycles. The molecule has 2 aromatic rings. The topological polar surface area (TPSA) is 52.1 Å². The maximum atomic E-state index is 11.2. The number of pyridine rings is 1. The molecule has 1 aromatic heterocycles. The lowest BCUT2D eigenvalue weighted by Crippen LogP contribution is -2.47. The van der Waals surface area contributed by atoms with Crippen molar-refractivity contribution in [3.8, 4) is 5.75 Å². The number of rotatable bonds is 7. The zero-order valence-corrected chi connectivity index (χ0v) is 22.7. The number of fused-ring (bicyclic) bond motifs is 1. The van der Waals surface area contributed by atoms with Gasteiger partial charge in [-0.3, -0.25) is 14.8 Å². The summed E-state index contributed by atoms with van der Waals surface area (Å²) in [5.74, 6) is 2.24. The average Bonchev–Trinajstić information content (AvgIpc) is 3.05. The van der Waals surface area contributed by atoms with Crippen LogP contribution in [0.5, 0.6) is 5.75 Å². The number of para-hydroxylation sites is 2. The van der Waals surface area contributed by atoms with Gasteiger partial charge in [-0.15, -0.1) is 0 Å². The van der Waals surface area contributed by atoms with Gasteiger partial charge < -0.3 is 14.7 Å². The van der Waals surface area contributed by atoms with Gasteiger partial charge in [-0.1, -0.05) is 25.1 Å². The van der Waals surface area contributed by atoms with Gasteiger partial charge in [0.05, 0.1) is 18.5 Å². The second kappa shape index (κ2) is 11.7. The molecule has 2 heterocycles. The molecule has 0 bridgehead atoms. The molecule has 0 atom stereocenters. The van der Waals surface area contributed by atoms with Crippen molar-refractivity contribution in [2.75, 3.05) is 58.3 Å². The van der Waals surface area contributed by atoms with Crippen LogP contribution in [0.25, 0.3) is 5.57 Å². The third-order valence-corrected chi connectivity index (χ3v) is 8.51. The smallest absolute Gasteiger partial charge is 0.142 e. The van der Waals surface area contributed by atoms with Crippen LogP contribution in [0, 0.1) is 5.92 Å². The van der Waals surface area contributed by atoms with Gasteiger partial charge in [0.2, 0.25) is 0 Å². The van der Waals surface area contributed by atoms with Crippen molar-refractivity contribution < 1.29 is 9.84 Å². The summed E-state index contributed by atoms with van der Waals surface area (Å²) in [7, 11) is 3.97. The van der Waals surface area contributed by atoms with Crippen molar-refractivity contribution in [2.24, 2.45) is 5.92 Å². The van der Waals surface area contributed by atoms with Gasteiger partial charge in [-0.05, 0) is 68.5 Å². The summed E-state index contributed by atoms with van der Waals surface area (Å²) in [4.78, 5) is 12.1. The van der Waals surface area contributed by atoms with E-state index in [1.165, 1.54) is 42.5 Å². The molecule has 0 radical (unpaired) electrons. The second-order valence-corrected chi connectivity index (χ2v) is 11.1. The predicted octanol–water partition coefficient (Wildman–Crippen LogP) is 5.17. The molecule has 2 fully saturated rings. The molecule has 1 saturated heterocycles. The van der Waals surface area contributed by atoms with E-state index in [1.807, 2.05) is 24.4 Å². The van der Waals surface area contributed by atoms with Crippen LogP contribution in [0.2, 0.25) is 0 Å². The maximum Gasteiger partial charge on any atom is 0.142 e. The van der Waals surface area contributed by atoms with Gasteiger partial charge in [0.1, 0.15) is 11.5 Å². The average molecular weight is 503 g/mol. The lowest BCUT2D eigenvalue weighted by atomic mass is 9.86. The number of hydrogen-bond donors (Lipinski definition) is 1. The predicted molar refractivity (Wildman–Crippen MR) is 151 cm³/mol. The van der Waals surface area contributed by atoms with Crippen LogP contribution in [0.4, 0.5) is 5.69 Å². The molecule has 6 nitrogen and oxygen atoms in total. The van der Waals surface area contributed by atoms with Crippen molar-refractivity contribution in [2.45, 2.75) is 45.1 Å². The van der Waals surface area contributed by atoms with Crippen LogP contribution in [0.15, 0.2) is 60.0 Å². The highest BCUT2D eigenvalue weighted by Crippen LogP contribution is 2.32. The van der Waals surface area contributed by atoms with Crippen molar-refractivity contribution in [3.05, 3.63) is 71.3 Å². The number of methoxy groups -OCH3 is 1. The van der Waals surface area contributed by atoms with Crippen LogP contribution in [-0.2, 0) is 6.42 Å². The molecule has 0 spiro atoms. The minimum atomic E-state index is 0.465. The number of benzene rings is 1. The first-order valence-electron chi connectivity index (χ1n) is 13.9. The van der Waals surface area contributed by atoms with Crippen molar-refractivity contribution >= 4 is 11.3 Å². The number of anilines is 1. The highest BCUT2D eigenvalue weighted by atomic mass is 16.5. The minimum Gasteiger partial charge on any atom is -0.512 e. The number of nitrogens with zero attached hydrogens (tertiary/aromatic N) is 4. The molecule has 1 saturated carbocycles. The summed E-state index contributed by atoms with van der Waals surface area (Å²) < 4.78 is 5.60. The standard InChI is InChI=1S/C31H42N4O2/c1-23-10-12-26(13-11-23)33(2)21-25-19-24(27-7-6-14-32-28(27)20-30(25)36)22-34-15-17-35(18-16-34)29-8-4-5-9-31(29)37-3/h4-9,14,19,23,26,36H,10-13,15-18,20-22H2,1-3H3. The third kappa shape index (κ3) is 6.02. The second-order valence-electron chi connectivity index (χ2n) is 11.1. The van der Waals surface area contributed by atoms with Crippen molar-refractivity contribution in [3.63, 3.8) is 0 Å². The number of aliphatic hydroxyl groups excluding tert-OH is 1. The van der Waals surface area contributed by atoms with Gasteiger partial charge in [0, 0.05) is 69.1 Å². The fraction of sp³-hybridized carbons (Fsp3) is 0.516. The Kier molecular flexibility index (Phi) is 8.16. The molecule has 1 N–H and O–H groups in total. The van der Waals surface area contributed by atoms with Gasteiger partial charge >= 0.3 is 0 Å². The van der Waals surface area contributed by atoms with Crippen LogP contribution in [0.3, 0.4) is 0 Å². The zero-order valence-electron chi connectivity index (χ0n) is 22.7. The van der Waals surface area contributed by atoms with E-state index in [2.05, 4.69) is 57.9 Å². The van der Waals surface area contributed by atoms with E-state index in [0.29, 0.717) is 18.2 Å². The Morgan fingerprint density at radius 1 is 1.03 bits per heavy atom. The van der Waals surface area contributed by atoms with E-state index in [1.54, 1.807) is 7.11 Å². The van der Waals surface area contributed by atoms with Crippen LogP contribution < -0.4 is 9.64 Å². The Morgan fingerprint density at radius 3 is 2.54 bits per heavy atom. The number of hydrogen-bond acceptors (Lipinski definition) is 6. The number of piperazine rings is 1. The molecule has 0 unspecified atom stereocenters. The van der Waals surface area contributed by atoms with Gasteiger partial charge in [0.15, 0.2) is 0 Å². The summed E-state index contributed by atoms with van der Waals surface area (Å²) >= 11 is 0. The first kappa shape index (κ1) is 25.8. The lowest BCUT2D eigenvalue weighted by Gasteiger charge is -2.37. The lowest BCUT2D eigenvalue weighted by molar-refractivity contribution is 0.180. The fourth-order valence-electron chi connectivity index (χ4n) is 6.14. The highest BCUT2D eigenvalue weighted by molar-refractivity contribution is 5.73. The molecule has 6 heteroatoms. The quantitative estimate of drug-likeness (QED) is 0.564. The Labute approximate surface area is 222 Å². The number of allylic oxidation sites excluding steroid dienone is 1. The third-order valence-electron chi connectivity index (χ3n) is 8.51. The van der Waals surface area contributed by atoms with Crippen LogP contribution in [-0.4, -0.2) is 79.4 Å². The summed E-state index contributed by atoms with van der Waals surface area (Å²) in [6.07, 6.45) is 9.71. The maximum absolute atomic E-state index is 11.2. The minimum absolute atomic E-state index is 0.465. The largest absolute Gasteiger partial charge is 0.512 e. The number of ether oxygens (including phenoxy) is 1. The van der Waals surface area contributed by atoms with Gasteiger partial charge in [-0.25, -0.2) is 0 Å².